The van der Waals surface area contributed by atoms with Crippen molar-refractivity contribution in [3.05, 3.63) is 206 Å². The standard InChI is InChI=1S/C56H34/c1-5-14-40-30-44(24-20-35(40)10-1)50-34-45-19-9-18-39-28-29-49-52(46-25-21-36-11-2-6-15-41(36)31-46)53(47-26-22-37-12-3-7-16-42(37)32-47)54(56(50)55(49)51(39)45)48-27-23-38-13-4-8-17-43(38)33-48/h1-34H. The van der Waals surface area contributed by atoms with E-state index < -0.39 is 0 Å². The zero-order chi connectivity index (χ0) is 36.7. The molecule has 12 aromatic carbocycles. The lowest BCUT2D eigenvalue weighted by Gasteiger charge is -2.26. The molecule has 0 unspecified atom stereocenters. The molecule has 0 heterocycles. The molecule has 12 rings (SSSR count). The summed E-state index contributed by atoms with van der Waals surface area (Å²) in [6, 6.07) is 77.1. The van der Waals surface area contributed by atoms with Crippen LogP contribution in [0.5, 0.6) is 0 Å². The second-order valence-electron chi connectivity index (χ2n) is 15.2. The summed E-state index contributed by atoms with van der Waals surface area (Å²) in [7, 11) is 0. The van der Waals surface area contributed by atoms with Gasteiger partial charge in [0.2, 0.25) is 0 Å². The van der Waals surface area contributed by atoms with Gasteiger partial charge >= 0.3 is 0 Å². The fourth-order valence-corrected chi connectivity index (χ4v) is 9.50. The van der Waals surface area contributed by atoms with Gasteiger partial charge in [-0.1, -0.05) is 176 Å². The Balaban J connectivity index is 1.35. The van der Waals surface area contributed by atoms with Gasteiger partial charge in [-0.05, 0) is 150 Å². The average Bonchev–Trinajstić information content (AvgIpc) is 3.27. The molecular formula is C56H34. The Hall–Kier alpha value is -7.28. The van der Waals surface area contributed by atoms with Gasteiger partial charge in [0, 0.05) is 0 Å². The smallest absolute Gasteiger partial charge is 0.000741 e. The van der Waals surface area contributed by atoms with Crippen molar-refractivity contribution in [2.24, 2.45) is 0 Å². The lowest BCUT2D eigenvalue weighted by atomic mass is 9.77. The number of hydrogen-bond donors (Lipinski definition) is 0. The second kappa shape index (κ2) is 12.1. The summed E-state index contributed by atoms with van der Waals surface area (Å²) >= 11 is 0. The molecule has 0 spiro atoms. The highest BCUT2D eigenvalue weighted by Crippen LogP contribution is 2.54. The van der Waals surface area contributed by atoms with Gasteiger partial charge in [-0.15, -0.1) is 0 Å². The van der Waals surface area contributed by atoms with Crippen LogP contribution in [0.15, 0.2) is 206 Å². The van der Waals surface area contributed by atoms with Gasteiger partial charge in [-0.25, -0.2) is 0 Å². The maximum absolute atomic E-state index is 2.46. The summed E-state index contributed by atoms with van der Waals surface area (Å²) in [6.45, 7) is 0. The first-order valence-corrected chi connectivity index (χ1v) is 19.5. The minimum absolute atomic E-state index is 1.21. The molecule has 0 bridgehead atoms. The number of benzene rings is 12. The minimum atomic E-state index is 1.21. The molecule has 0 aliphatic heterocycles. The van der Waals surface area contributed by atoms with E-state index in [4.69, 9.17) is 0 Å². The topological polar surface area (TPSA) is 0 Å². The normalized spacial score (nSPS) is 11.9. The van der Waals surface area contributed by atoms with Crippen LogP contribution < -0.4 is 0 Å². The van der Waals surface area contributed by atoms with E-state index in [1.165, 1.54) is 120 Å². The van der Waals surface area contributed by atoms with Crippen molar-refractivity contribution in [1.29, 1.82) is 0 Å². The fraction of sp³-hybridized carbons (Fsp3) is 0. The zero-order valence-electron chi connectivity index (χ0n) is 30.6. The van der Waals surface area contributed by atoms with Crippen LogP contribution in [0.1, 0.15) is 0 Å². The van der Waals surface area contributed by atoms with Crippen molar-refractivity contribution in [1.82, 2.24) is 0 Å². The molecule has 0 nitrogen and oxygen atoms in total. The van der Waals surface area contributed by atoms with Crippen molar-refractivity contribution in [3.63, 3.8) is 0 Å². The van der Waals surface area contributed by atoms with Crippen molar-refractivity contribution >= 4 is 75.4 Å². The minimum Gasteiger partial charge on any atom is -0.0616 e. The zero-order valence-corrected chi connectivity index (χ0v) is 30.6. The quantitative estimate of drug-likeness (QED) is 0.160. The van der Waals surface area contributed by atoms with E-state index in [2.05, 4.69) is 206 Å². The molecule has 0 saturated heterocycles. The van der Waals surface area contributed by atoms with Crippen molar-refractivity contribution in [3.8, 4) is 44.5 Å². The summed E-state index contributed by atoms with van der Waals surface area (Å²) in [5.74, 6) is 0. The Labute approximate surface area is 324 Å². The highest BCUT2D eigenvalue weighted by molar-refractivity contribution is 6.34. The molecule has 258 valence electrons. The Morgan fingerprint density at radius 1 is 0.196 bits per heavy atom. The fourth-order valence-electron chi connectivity index (χ4n) is 9.50. The maximum Gasteiger partial charge on any atom is -0.000741 e. The van der Waals surface area contributed by atoms with E-state index in [1.807, 2.05) is 0 Å². The maximum atomic E-state index is 2.46. The van der Waals surface area contributed by atoms with E-state index >= 15 is 0 Å². The molecular weight excluding hydrogens is 673 g/mol. The van der Waals surface area contributed by atoms with E-state index in [0.29, 0.717) is 0 Å². The Morgan fingerprint density at radius 3 is 1.12 bits per heavy atom. The molecule has 0 aliphatic carbocycles. The van der Waals surface area contributed by atoms with E-state index in [9.17, 15) is 0 Å². The molecule has 0 saturated carbocycles. The number of fused-ring (bicyclic) bond motifs is 4. The second-order valence-corrected chi connectivity index (χ2v) is 15.2. The predicted molar refractivity (Wildman–Crippen MR) is 242 cm³/mol. The SMILES string of the molecule is c1ccc2cc(-c3c(-c4ccc5ccccc5c4)c4ccc5cccc6cc(-c7ccc8ccccc8c7)c(c3-c3ccc7ccccc7c3)c4c56)ccc2c1. The van der Waals surface area contributed by atoms with Crippen LogP contribution in [0.2, 0.25) is 0 Å². The lowest BCUT2D eigenvalue weighted by molar-refractivity contribution is 1.62. The Bertz CT molecular complexity index is 3530. The number of rotatable bonds is 4. The molecule has 0 amide bonds. The average molecular weight is 707 g/mol. The van der Waals surface area contributed by atoms with E-state index in [1.54, 1.807) is 0 Å². The lowest BCUT2D eigenvalue weighted by Crippen LogP contribution is -1.98. The summed E-state index contributed by atoms with van der Waals surface area (Å²) in [4.78, 5) is 0. The molecule has 0 aliphatic rings. The molecule has 0 aromatic heterocycles. The van der Waals surface area contributed by atoms with Gasteiger partial charge in [-0.3, -0.25) is 0 Å². The molecule has 0 fully saturated rings. The molecule has 0 N–H and O–H groups in total. The molecule has 56 heavy (non-hydrogen) atoms. The van der Waals surface area contributed by atoms with Gasteiger partial charge in [0.15, 0.2) is 0 Å². The third-order valence-corrected chi connectivity index (χ3v) is 12.1. The monoisotopic (exact) mass is 706 g/mol. The predicted octanol–water partition coefficient (Wildman–Crippen LogP) is 15.9. The van der Waals surface area contributed by atoms with Crippen LogP contribution in [-0.4, -0.2) is 0 Å². The summed E-state index contributed by atoms with van der Waals surface area (Å²) < 4.78 is 0. The van der Waals surface area contributed by atoms with Crippen LogP contribution in [0, 0.1) is 0 Å². The van der Waals surface area contributed by atoms with Gasteiger partial charge in [-0.2, -0.15) is 0 Å². The van der Waals surface area contributed by atoms with E-state index in [-0.39, 0.29) is 0 Å². The van der Waals surface area contributed by atoms with Gasteiger partial charge < -0.3 is 0 Å². The Kier molecular flexibility index (Phi) is 6.73. The first-order chi connectivity index (χ1) is 27.7. The van der Waals surface area contributed by atoms with Crippen molar-refractivity contribution in [2.75, 3.05) is 0 Å². The molecule has 0 radical (unpaired) electrons. The van der Waals surface area contributed by atoms with Crippen LogP contribution in [-0.2, 0) is 0 Å². The summed E-state index contributed by atoms with van der Waals surface area (Å²) in [6.07, 6.45) is 0. The summed E-state index contributed by atoms with van der Waals surface area (Å²) in [5.41, 5.74) is 9.92. The first kappa shape index (κ1) is 31.1. The summed E-state index contributed by atoms with van der Waals surface area (Å²) in [5, 5.41) is 17.7. The number of hydrogen-bond acceptors (Lipinski definition) is 0. The highest BCUT2D eigenvalue weighted by atomic mass is 14.3. The molecule has 0 heteroatoms. The molecule has 12 aromatic rings. The van der Waals surface area contributed by atoms with Gasteiger partial charge in [0.05, 0.1) is 0 Å². The third-order valence-electron chi connectivity index (χ3n) is 12.1. The van der Waals surface area contributed by atoms with Crippen LogP contribution in [0.4, 0.5) is 0 Å². The van der Waals surface area contributed by atoms with Gasteiger partial charge in [0.25, 0.3) is 0 Å². The van der Waals surface area contributed by atoms with Crippen molar-refractivity contribution < 1.29 is 0 Å². The van der Waals surface area contributed by atoms with Crippen LogP contribution in [0.25, 0.3) is 120 Å². The highest BCUT2D eigenvalue weighted by Gasteiger charge is 2.26. The largest absolute Gasteiger partial charge is 0.0616 e. The molecule has 0 atom stereocenters. The third kappa shape index (κ3) is 4.73. The van der Waals surface area contributed by atoms with E-state index in [0.717, 1.165) is 0 Å². The van der Waals surface area contributed by atoms with Crippen LogP contribution >= 0.6 is 0 Å². The first-order valence-electron chi connectivity index (χ1n) is 19.5. The Morgan fingerprint density at radius 2 is 0.589 bits per heavy atom. The van der Waals surface area contributed by atoms with Crippen LogP contribution in [0.3, 0.4) is 0 Å². The van der Waals surface area contributed by atoms with Crippen molar-refractivity contribution in [2.45, 2.75) is 0 Å². The van der Waals surface area contributed by atoms with Gasteiger partial charge in [0.1, 0.15) is 0 Å².